The lowest BCUT2D eigenvalue weighted by Gasteiger charge is -2.32. The van der Waals surface area contributed by atoms with Crippen LogP contribution in [0.1, 0.15) is 34.8 Å². The standard InChI is InChI=1S/C21H23ClN4O2/c1-14-19(20(24-28-14)17-5-3-4-6-18(17)22)21(27)25-10-7-16(8-11-25)13-26-12-9-23-15(26)2/h3-6,9,12,16H,7-8,10-11,13H2,1-2H3. The number of carbonyl (C=O) groups is 1. The van der Waals surface area contributed by atoms with Gasteiger partial charge in [0.2, 0.25) is 0 Å². The average molecular weight is 399 g/mol. The molecule has 28 heavy (non-hydrogen) atoms. The van der Waals surface area contributed by atoms with Gasteiger partial charge in [-0.25, -0.2) is 4.98 Å². The quantitative estimate of drug-likeness (QED) is 0.655. The summed E-state index contributed by atoms with van der Waals surface area (Å²) in [4.78, 5) is 19.4. The minimum Gasteiger partial charge on any atom is -0.360 e. The summed E-state index contributed by atoms with van der Waals surface area (Å²) in [5, 5.41) is 4.67. The van der Waals surface area contributed by atoms with E-state index in [1.165, 1.54) is 0 Å². The van der Waals surface area contributed by atoms with Crippen LogP contribution < -0.4 is 0 Å². The molecular weight excluding hydrogens is 376 g/mol. The lowest BCUT2D eigenvalue weighted by atomic mass is 9.95. The summed E-state index contributed by atoms with van der Waals surface area (Å²) < 4.78 is 7.54. The first kappa shape index (κ1) is 18.7. The average Bonchev–Trinajstić information content (AvgIpc) is 3.28. The largest absolute Gasteiger partial charge is 0.360 e. The molecule has 0 atom stereocenters. The van der Waals surface area contributed by atoms with Crippen molar-refractivity contribution < 1.29 is 9.32 Å². The number of aromatic nitrogens is 3. The minimum absolute atomic E-state index is 0.0362. The Morgan fingerprint density at radius 3 is 2.68 bits per heavy atom. The van der Waals surface area contributed by atoms with E-state index in [2.05, 4.69) is 14.7 Å². The fraction of sp³-hybridized carbons (Fsp3) is 0.381. The second kappa shape index (κ2) is 7.80. The van der Waals surface area contributed by atoms with Crippen molar-refractivity contribution in [2.75, 3.05) is 13.1 Å². The molecule has 1 fully saturated rings. The van der Waals surface area contributed by atoms with Gasteiger partial charge in [-0.05, 0) is 38.7 Å². The summed E-state index contributed by atoms with van der Waals surface area (Å²) in [6.45, 7) is 6.19. The second-order valence-corrected chi connectivity index (χ2v) is 7.71. The molecule has 0 bridgehead atoms. The van der Waals surface area contributed by atoms with Crippen molar-refractivity contribution in [1.29, 1.82) is 0 Å². The number of imidazole rings is 1. The predicted molar refractivity (Wildman–Crippen MR) is 107 cm³/mol. The normalized spacial score (nSPS) is 15.2. The lowest BCUT2D eigenvalue weighted by molar-refractivity contribution is 0.0681. The Labute approximate surface area is 169 Å². The maximum absolute atomic E-state index is 13.2. The van der Waals surface area contributed by atoms with Gasteiger partial charge in [0.15, 0.2) is 0 Å². The van der Waals surface area contributed by atoms with Crippen molar-refractivity contribution in [3.63, 3.8) is 0 Å². The number of hydrogen-bond acceptors (Lipinski definition) is 4. The summed E-state index contributed by atoms with van der Waals surface area (Å²) in [6, 6.07) is 7.38. The molecule has 0 aliphatic carbocycles. The molecule has 0 unspecified atom stereocenters. The molecule has 3 heterocycles. The van der Waals surface area contributed by atoms with E-state index in [0.717, 1.165) is 43.9 Å². The van der Waals surface area contributed by atoms with Crippen molar-refractivity contribution in [3.8, 4) is 11.3 Å². The molecule has 7 heteroatoms. The number of amides is 1. The SMILES string of the molecule is Cc1onc(-c2ccccc2Cl)c1C(=O)N1CCC(Cn2ccnc2C)CC1. The highest BCUT2D eigenvalue weighted by molar-refractivity contribution is 6.33. The van der Waals surface area contributed by atoms with Gasteiger partial charge in [0, 0.05) is 37.6 Å². The Hall–Kier alpha value is -2.60. The molecule has 3 aromatic rings. The third kappa shape index (κ3) is 3.56. The highest BCUT2D eigenvalue weighted by Crippen LogP contribution is 2.32. The van der Waals surface area contributed by atoms with Gasteiger partial charge in [-0.1, -0.05) is 35.0 Å². The molecule has 0 radical (unpaired) electrons. The molecule has 1 aromatic carbocycles. The zero-order valence-electron chi connectivity index (χ0n) is 16.1. The Kier molecular flexibility index (Phi) is 5.22. The van der Waals surface area contributed by atoms with Gasteiger partial charge in [-0.15, -0.1) is 0 Å². The van der Waals surface area contributed by atoms with E-state index in [9.17, 15) is 4.79 Å². The van der Waals surface area contributed by atoms with E-state index >= 15 is 0 Å². The summed E-state index contributed by atoms with van der Waals surface area (Å²) in [5.74, 6) is 2.06. The zero-order valence-corrected chi connectivity index (χ0v) is 16.8. The Balaban J connectivity index is 1.49. The number of nitrogens with zero attached hydrogens (tertiary/aromatic N) is 4. The van der Waals surface area contributed by atoms with Crippen LogP contribution in [0.25, 0.3) is 11.3 Å². The van der Waals surface area contributed by atoms with E-state index in [-0.39, 0.29) is 5.91 Å². The number of halogens is 1. The molecule has 1 aliphatic heterocycles. The van der Waals surface area contributed by atoms with E-state index in [4.69, 9.17) is 16.1 Å². The fourth-order valence-corrected chi connectivity index (χ4v) is 4.04. The third-order valence-electron chi connectivity index (χ3n) is 5.49. The van der Waals surface area contributed by atoms with Crippen LogP contribution in [-0.2, 0) is 6.54 Å². The number of rotatable bonds is 4. The van der Waals surface area contributed by atoms with E-state index in [1.807, 2.05) is 42.4 Å². The highest BCUT2D eigenvalue weighted by atomic mass is 35.5. The molecule has 1 amide bonds. The molecule has 4 rings (SSSR count). The van der Waals surface area contributed by atoms with Crippen LogP contribution in [0.4, 0.5) is 0 Å². The molecule has 1 saturated heterocycles. The first-order chi connectivity index (χ1) is 13.5. The lowest BCUT2D eigenvalue weighted by Crippen LogP contribution is -2.39. The van der Waals surface area contributed by atoms with E-state index in [1.54, 1.807) is 13.0 Å². The van der Waals surface area contributed by atoms with Crippen molar-refractivity contribution >= 4 is 17.5 Å². The van der Waals surface area contributed by atoms with Gasteiger partial charge in [0.1, 0.15) is 22.8 Å². The maximum Gasteiger partial charge on any atom is 0.259 e. The van der Waals surface area contributed by atoms with Crippen LogP contribution in [0.3, 0.4) is 0 Å². The van der Waals surface area contributed by atoms with E-state index in [0.29, 0.717) is 28.0 Å². The van der Waals surface area contributed by atoms with Crippen LogP contribution in [0.5, 0.6) is 0 Å². The van der Waals surface area contributed by atoms with Crippen LogP contribution in [0.2, 0.25) is 5.02 Å². The monoisotopic (exact) mass is 398 g/mol. The van der Waals surface area contributed by atoms with Gasteiger partial charge in [-0.2, -0.15) is 0 Å². The van der Waals surface area contributed by atoms with Crippen LogP contribution in [0.15, 0.2) is 41.2 Å². The summed E-state index contributed by atoms with van der Waals surface area (Å²) >= 11 is 6.32. The molecule has 1 aliphatic rings. The molecule has 2 aromatic heterocycles. The molecular formula is C21H23ClN4O2. The predicted octanol–water partition coefficient (Wildman–Crippen LogP) is 4.36. The first-order valence-electron chi connectivity index (χ1n) is 9.52. The van der Waals surface area contributed by atoms with Gasteiger partial charge < -0.3 is 14.0 Å². The summed E-state index contributed by atoms with van der Waals surface area (Å²) in [7, 11) is 0. The summed E-state index contributed by atoms with van der Waals surface area (Å²) in [5.41, 5.74) is 1.75. The smallest absolute Gasteiger partial charge is 0.259 e. The number of carbonyl (C=O) groups excluding carboxylic acids is 1. The number of aryl methyl sites for hydroxylation is 2. The molecule has 146 valence electrons. The van der Waals surface area contributed by atoms with Crippen molar-refractivity contribution in [2.45, 2.75) is 33.2 Å². The first-order valence-corrected chi connectivity index (χ1v) is 9.90. The second-order valence-electron chi connectivity index (χ2n) is 7.30. The fourth-order valence-electron chi connectivity index (χ4n) is 3.81. The van der Waals surface area contributed by atoms with Gasteiger partial charge >= 0.3 is 0 Å². The van der Waals surface area contributed by atoms with E-state index < -0.39 is 0 Å². The number of hydrogen-bond donors (Lipinski definition) is 0. The van der Waals surface area contributed by atoms with Gasteiger partial charge in [0.25, 0.3) is 5.91 Å². The number of benzene rings is 1. The minimum atomic E-state index is -0.0362. The third-order valence-corrected chi connectivity index (χ3v) is 5.82. The molecule has 6 nitrogen and oxygen atoms in total. The number of piperidine rings is 1. The Bertz CT molecular complexity index is 986. The van der Waals surface area contributed by atoms with Crippen LogP contribution >= 0.6 is 11.6 Å². The molecule has 0 spiro atoms. The number of likely N-dealkylation sites (tertiary alicyclic amines) is 1. The van der Waals surface area contributed by atoms with Gasteiger partial charge in [0.05, 0.1) is 5.02 Å². The summed E-state index contributed by atoms with van der Waals surface area (Å²) in [6.07, 6.45) is 5.78. The topological polar surface area (TPSA) is 64.2 Å². The van der Waals surface area contributed by atoms with Crippen molar-refractivity contribution in [2.24, 2.45) is 5.92 Å². The van der Waals surface area contributed by atoms with Crippen molar-refractivity contribution in [3.05, 3.63) is 58.8 Å². The molecule has 0 N–H and O–H groups in total. The van der Waals surface area contributed by atoms with Crippen LogP contribution in [0, 0.1) is 19.8 Å². The Morgan fingerprint density at radius 1 is 1.25 bits per heavy atom. The zero-order chi connectivity index (χ0) is 19.7. The Morgan fingerprint density at radius 2 is 2.00 bits per heavy atom. The highest BCUT2D eigenvalue weighted by Gasteiger charge is 2.30. The molecule has 0 saturated carbocycles. The van der Waals surface area contributed by atoms with Gasteiger partial charge in [-0.3, -0.25) is 4.79 Å². The van der Waals surface area contributed by atoms with Crippen LogP contribution in [-0.4, -0.2) is 38.6 Å². The van der Waals surface area contributed by atoms with Crippen molar-refractivity contribution in [1.82, 2.24) is 19.6 Å². The maximum atomic E-state index is 13.2.